The number of thioether (sulfide) groups is 1. The molecule has 0 atom stereocenters. The van der Waals surface area contributed by atoms with Crippen LogP contribution >= 0.6 is 27.7 Å². The number of nitrogens with zero attached hydrogens (tertiary/aromatic N) is 2. The van der Waals surface area contributed by atoms with Crippen LogP contribution in [0.2, 0.25) is 0 Å². The van der Waals surface area contributed by atoms with E-state index in [2.05, 4.69) is 31.4 Å². The Morgan fingerprint density at radius 2 is 1.85 bits per heavy atom. The number of phenols is 1. The first kappa shape index (κ1) is 20.0. The van der Waals surface area contributed by atoms with E-state index in [1.165, 1.54) is 12.1 Å². The molecule has 0 aliphatic carbocycles. The van der Waals surface area contributed by atoms with Gasteiger partial charge in [0.15, 0.2) is 0 Å². The zero-order chi connectivity index (χ0) is 18.9. The molecule has 0 fully saturated rings. The first-order chi connectivity index (χ1) is 12.6. The van der Waals surface area contributed by atoms with Crippen molar-refractivity contribution in [1.82, 2.24) is 10.2 Å². The average molecular weight is 436 g/mol. The molecule has 26 heavy (non-hydrogen) atoms. The van der Waals surface area contributed by atoms with Crippen molar-refractivity contribution >= 4 is 39.3 Å². The summed E-state index contributed by atoms with van der Waals surface area (Å²) in [4.78, 5) is 12.0. The molecule has 1 amide bonds. The molecule has 1 heterocycles. The molecule has 0 saturated heterocycles. The van der Waals surface area contributed by atoms with Crippen LogP contribution < -0.4 is 5.32 Å². The van der Waals surface area contributed by atoms with Crippen LogP contribution in [0, 0.1) is 0 Å². The fraction of sp³-hybridized carbons (Fsp3) is 0.167. The Labute approximate surface area is 164 Å². The molecular weight excluding hydrogens is 418 g/mol. The molecule has 2 aromatic carbocycles. The summed E-state index contributed by atoms with van der Waals surface area (Å²) >= 11 is 4.53. The van der Waals surface area contributed by atoms with Gasteiger partial charge in [0, 0.05) is 10.0 Å². The van der Waals surface area contributed by atoms with Gasteiger partial charge in [-0.2, -0.15) is 0 Å². The third kappa shape index (κ3) is 5.60. The van der Waals surface area contributed by atoms with E-state index in [4.69, 9.17) is 4.42 Å². The Bertz CT molecular complexity index is 853. The molecule has 2 N–H and O–H groups in total. The third-order valence-electron chi connectivity index (χ3n) is 3.00. The van der Waals surface area contributed by atoms with Crippen molar-refractivity contribution in [3.8, 4) is 17.2 Å². The largest absolute Gasteiger partial charge is 0.508 e. The van der Waals surface area contributed by atoms with Gasteiger partial charge in [0.25, 0.3) is 5.22 Å². The van der Waals surface area contributed by atoms with Crippen molar-refractivity contribution < 1.29 is 14.3 Å². The Morgan fingerprint density at radius 1 is 1.15 bits per heavy atom. The molecule has 0 unspecified atom stereocenters. The molecule has 3 rings (SSSR count). The molecule has 0 radical (unpaired) electrons. The van der Waals surface area contributed by atoms with Crippen LogP contribution in [0.25, 0.3) is 11.5 Å². The van der Waals surface area contributed by atoms with Gasteiger partial charge < -0.3 is 14.8 Å². The summed E-state index contributed by atoms with van der Waals surface area (Å²) in [6, 6.07) is 13.8. The maximum absolute atomic E-state index is 12.0. The predicted molar refractivity (Wildman–Crippen MR) is 106 cm³/mol. The van der Waals surface area contributed by atoms with Gasteiger partial charge in [-0.15, -0.1) is 10.2 Å². The number of aromatic hydroxyl groups is 1. The third-order valence-corrected chi connectivity index (χ3v) is 4.51. The second kappa shape index (κ2) is 9.98. The van der Waals surface area contributed by atoms with Gasteiger partial charge in [-0.05, 0) is 52.3 Å². The van der Waals surface area contributed by atoms with Crippen LogP contribution in [-0.2, 0) is 4.79 Å². The maximum Gasteiger partial charge on any atom is 0.277 e. The standard InChI is InChI=1S/C16H12BrN3O3S.C2H6/c17-12-3-1-2-4-13(12)18-14(22)9-24-16-20-19-15(23-16)10-5-7-11(21)8-6-10;1-2/h1-8,21H,9H2,(H,18,22);1-2H3. The topological polar surface area (TPSA) is 88.2 Å². The lowest BCUT2D eigenvalue weighted by Gasteiger charge is -2.05. The number of amides is 1. The fourth-order valence-electron chi connectivity index (χ4n) is 1.86. The predicted octanol–water partition coefficient (Wildman–Crippen LogP) is 4.96. The molecule has 0 spiro atoms. The van der Waals surface area contributed by atoms with Gasteiger partial charge in [0.05, 0.1) is 11.4 Å². The molecule has 0 saturated carbocycles. The van der Waals surface area contributed by atoms with Crippen LogP contribution in [0.15, 0.2) is 62.6 Å². The Kier molecular flexibility index (Phi) is 7.68. The number of hydrogen-bond donors (Lipinski definition) is 2. The molecule has 0 aliphatic rings. The summed E-state index contributed by atoms with van der Waals surface area (Å²) in [6.45, 7) is 4.00. The Hall–Kier alpha value is -2.32. The van der Waals surface area contributed by atoms with Gasteiger partial charge in [-0.3, -0.25) is 4.79 Å². The van der Waals surface area contributed by atoms with Gasteiger partial charge in [-0.1, -0.05) is 37.7 Å². The lowest BCUT2D eigenvalue weighted by molar-refractivity contribution is -0.113. The lowest BCUT2D eigenvalue weighted by Crippen LogP contribution is -2.14. The molecule has 1 aromatic heterocycles. The minimum atomic E-state index is -0.170. The second-order valence-corrected chi connectivity index (χ2v) is 6.52. The molecule has 3 aromatic rings. The molecule has 0 bridgehead atoms. The zero-order valence-corrected chi connectivity index (χ0v) is 16.7. The molecule has 136 valence electrons. The number of nitrogens with one attached hydrogen (secondary N) is 1. The highest BCUT2D eigenvalue weighted by Gasteiger charge is 2.12. The van der Waals surface area contributed by atoms with E-state index in [9.17, 15) is 9.90 Å². The molecular formula is C18H18BrN3O3S. The second-order valence-electron chi connectivity index (χ2n) is 4.74. The highest BCUT2D eigenvalue weighted by atomic mass is 79.9. The zero-order valence-electron chi connectivity index (χ0n) is 14.3. The number of rotatable bonds is 5. The number of anilines is 1. The minimum Gasteiger partial charge on any atom is -0.508 e. The SMILES string of the molecule is CC.O=C(CSc1nnc(-c2ccc(O)cc2)o1)Nc1ccccc1Br. The smallest absolute Gasteiger partial charge is 0.277 e. The van der Waals surface area contributed by atoms with Gasteiger partial charge in [-0.25, -0.2) is 0 Å². The van der Waals surface area contributed by atoms with Crippen LogP contribution in [-0.4, -0.2) is 27.0 Å². The van der Waals surface area contributed by atoms with Crippen LogP contribution in [0.4, 0.5) is 5.69 Å². The first-order valence-corrected chi connectivity index (χ1v) is 9.70. The Balaban J connectivity index is 0.00000117. The van der Waals surface area contributed by atoms with E-state index in [-0.39, 0.29) is 17.4 Å². The number of aromatic nitrogens is 2. The number of phenolic OH excluding ortho intramolecular Hbond substituents is 1. The van der Waals surface area contributed by atoms with Crippen molar-refractivity contribution in [2.24, 2.45) is 0 Å². The van der Waals surface area contributed by atoms with Crippen LogP contribution in [0.5, 0.6) is 5.75 Å². The number of carbonyl (C=O) groups is 1. The number of hydrogen-bond acceptors (Lipinski definition) is 6. The van der Waals surface area contributed by atoms with Crippen molar-refractivity contribution in [1.29, 1.82) is 0 Å². The fourth-order valence-corrected chi connectivity index (χ4v) is 2.81. The number of carbonyl (C=O) groups excluding carboxylic acids is 1. The van der Waals surface area contributed by atoms with E-state index in [0.717, 1.165) is 16.2 Å². The van der Waals surface area contributed by atoms with Crippen LogP contribution in [0.3, 0.4) is 0 Å². The summed E-state index contributed by atoms with van der Waals surface area (Å²) in [5, 5.41) is 20.2. The van der Waals surface area contributed by atoms with E-state index < -0.39 is 0 Å². The summed E-state index contributed by atoms with van der Waals surface area (Å²) in [6.07, 6.45) is 0. The highest BCUT2D eigenvalue weighted by molar-refractivity contribution is 9.10. The maximum atomic E-state index is 12.0. The number of para-hydroxylation sites is 1. The quantitative estimate of drug-likeness (QED) is 0.550. The summed E-state index contributed by atoms with van der Waals surface area (Å²) in [7, 11) is 0. The summed E-state index contributed by atoms with van der Waals surface area (Å²) in [5.74, 6) is 0.482. The summed E-state index contributed by atoms with van der Waals surface area (Å²) in [5.41, 5.74) is 1.41. The minimum absolute atomic E-state index is 0.151. The van der Waals surface area contributed by atoms with Gasteiger partial charge in [0.1, 0.15) is 5.75 Å². The lowest BCUT2D eigenvalue weighted by atomic mass is 10.2. The monoisotopic (exact) mass is 435 g/mol. The van der Waals surface area contributed by atoms with Crippen molar-refractivity contribution in [2.45, 2.75) is 19.1 Å². The van der Waals surface area contributed by atoms with Crippen molar-refractivity contribution in [2.75, 3.05) is 11.1 Å². The van der Waals surface area contributed by atoms with E-state index in [1.54, 1.807) is 12.1 Å². The van der Waals surface area contributed by atoms with Gasteiger partial charge >= 0.3 is 0 Å². The molecule has 8 heteroatoms. The Morgan fingerprint density at radius 3 is 2.54 bits per heavy atom. The number of benzene rings is 2. The van der Waals surface area contributed by atoms with Crippen molar-refractivity contribution in [3.63, 3.8) is 0 Å². The first-order valence-electron chi connectivity index (χ1n) is 7.92. The summed E-state index contributed by atoms with van der Waals surface area (Å²) < 4.78 is 6.32. The van der Waals surface area contributed by atoms with Crippen LogP contribution in [0.1, 0.15) is 13.8 Å². The average Bonchev–Trinajstić information content (AvgIpc) is 3.13. The normalized spacial score (nSPS) is 9.96. The number of halogens is 1. The van der Waals surface area contributed by atoms with E-state index in [1.807, 2.05) is 38.1 Å². The van der Waals surface area contributed by atoms with E-state index in [0.29, 0.717) is 22.4 Å². The van der Waals surface area contributed by atoms with Crippen molar-refractivity contribution in [3.05, 3.63) is 53.0 Å². The van der Waals surface area contributed by atoms with E-state index >= 15 is 0 Å². The molecule has 6 nitrogen and oxygen atoms in total. The molecule has 0 aliphatic heterocycles. The van der Waals surface area contributed by atoms with Gasteiger partial charge in [0.2, 0.25) is 11.8 Å². The highest BCUT2D eigenvalue weighted by Crippen LogP contribution is 2.25.